The van der Waals surface area contributed by atoms with Crippen molar-refractivity contribution in [1.82, 2.24) is 14.9 Å². The van der Waals surface area contributed by atoms with E-state index in [-0.39, 0.29) is 45.9 Å². The molecular formula is C25H27ClFN5O4. The number of fused-ring (bicyclic) bond motifs is 2. The molecule has 9 nitrogen and oxygen atoms in total. The highest BCUT2D eigenvalue weighted by Gasteiger charge is 2.47. The van der Waals surface area contributed by atoms with Crippen molar-refractivity contribution in [3.63, 3.8) is 0 Å². The van der Waals surface area contributed by atoms with Crippen LogP contribution in [0.15, 0.2) is 18.5 Å². The fraction of sp³-hybridized carbons (Fsp3) is 0.520. The van der Waals surface area contributed by atoms with Crippen LogP contribution in [0, 0.1) is 29.0 Å². The normalized spacial score (nSPS) is 24.0. The second-order valence-corrected chi connectivity index (χ2v) is 10.2. The van der Waals surface area contributed by atoms with Gasteiger partial charge in [0.05, 0.1) is 41.1 Å². The molecule has 1 aromatic carbocycles. The average Bonchev–Trinajstić information content (AvgIpc) is 3.57. The molecule has 3 fully saturated rings. The van der Waals surface area contributed by atoms with Crippen LogP contribution in [0.3, 0.4) is 0 Å². The quantitative estimate of drug-likeness (QED) is 0.600. The Kier molecular flexibility index (Phi) is 6.62. The lowest BCUT2D eigenvalue weighted by Crippen LogP contribution is -2.59. The molecule has 3 heterocycles. The highest BCUT2D eigenvalue weighted by molar-refractivity contribution is 6.33. The van der Waals surface area contributed by atoms with Gasteiger partial charge in [-0.1, -0.05) is 18.5 Å². The van der Waals surface area contributed by atoms with Gasteiger partial charge < -0.3 is 24.4 Å². The van der Waals surface area contributed by atoms with Crippen molar-refractivity contribution in [3.8, 4) is 11.9 Å². The number of ether oxygens (including phenoxy) is 3. The molecule has 1 N–H and O–H groups in total. The number of carbonyl (C=O) groups is 1. The largest absolute Gasteiger partial charge is 0.473 e. The highest BCUT2D eigenvalue weighted by Crippen LogP contribution is 2.40. The number of carbonyl (C=O) groups excluding carboxylic acids is 1. The van der Waals surface area contributed by atoms with Gasteiger partial charge in [-0.05, 0) is 38.3 Å². The minimum atomic E-state index is -0.659. The van der Waals surface area contributed by atoms with Crippen LogP contribution < -0.4 is 10.1 Å². The summed E-state index contributed by atoms with van der Waals surface area (Å²) in [5.41, 5.74) is 0.491. The first-order valence-corrected chi connectivity index (χ1v) is 12.4. The summed E-state index contributed by atoms with van der Waals surface area (Å²) in [6.45, 7) is 5.75. The number of amides is 1. The highest BCUT2D eigenvalue weighted by atomic mass is 35.5. The maximum atomic E-state index is 14.6. The van der Waals surface area contributed by atoms with E-state index in [0.717, 1.165) is 18.9 Å². The van der Waals surface area contributed by atoms with Crippen LogP contribution >= 0.6 is 11.6 Å². The summed E-state index contributed by atoms with van der Waals surface area (Å²) in [6.07, 6.45) is 3.17. The Hall–Kier alpha value is -3.16. The molecule has 2 unspecified atom stereocenters. The van der Waals surface area contributed by atoms with Crippen LogP contribution in [-0.4, -0.2) is 59.0 Å². The molecule has 2 atom stereocenters. The second kappa shape index (κ2) is 9.71. The molecular weight excluding hydrogens is 489 g/mol. The van der Waals surface area contributed by atoms with Gasteiger partial charge in [0, 0.05) is 24.9 Å². The van der Waals surface area contributed by atoms with E-state index in [1.807, 2.05) is 19.9 Å². The third-order valence-electron chi connectivity index (χ3n) is 6.97. The van der Waals surface area contributed by atoms with Gasteiger partial charge in [0.2, 0.25) is 5.88 Å². The number of piperidine rings is 1. The number of likely N-dealkylation sites (tertiary alicyclic amines) is 1. The number of halogens is 2. The zero-order valence-electron chi connectivity index (χ0n) is 20.1. The van der Waals surface area contributed by atoms with Crippen LogP contribution in [0.5, 0.6) is 5.88 Å². The summed E-state index contributed by atoms with van der Waals surface area (Å²) in [5, 5.41) is 12.1. The molecule has 2 aromatic rings. The number of aromatic nitrogens is 2. The zero-order chi connectivity index (χ0) is 25.4. The van der Waals surface area contributed by atoms with E-state index in [0.29, 0.717) is 50.0 Å². The number of nitriles is 1. The number of benzene rings is 1. The molecule has 5 rings (SSSR count). The van der Waals surface area contributed by atoms with Gasteiger partial charge >= 0.3 is 6.09 Å². The molecule has 36 heavy (non-hydrogen) atoms. The number of anilines is 2. The lowest BCUT2D eigenvalue weighted by Gasteiger charge is -2.46. The van der Waals surface area contributed by atoms with Gasteiger partial charge in [-0.2, -0.15) is 5.26 Å². The van der Waals surface area contributed by atoms with E-state index >= 15 is 0 Å². The molecule has 1 saturated carbocycles. The van der Waals surface area contributed by atoms with Gasteiger partial charge in [-0.15, -0.1) is 0 Å². The molecule has 0 spiro atoms. The van der Waals surface area contributed by atoms with Crippen molar-refractivity contribution >= 4 is 29.2 Å². The van der Waals surface area contributed by atoms with Gasteiger partial charge in [-0.25, -0.2) is 19.2 Å². The summed E-state index contributed by atoms with van der Waals surface area (Å²) in [4.78, 5) is 23.1. The lowest BCUT2D eigenvalue weighted by atomic mass is 9.84. The molecule has 1 aromatic heterocycles. The molecule has 2 saturated heterocycles. The van der Waals surface area contributed by atoms with Crippen molar-refractivity contribution < 1.29 is 23.4 Å². The molecule has 3 aliphatic rings. The molecule has 1 amide bonds. The van der Waals surface area contributed by atoms with E-state index in [1.54, 1.807) is 4.90 Å². The fourth-order valence-electron chi connectivity index (χ4n) is 4.72. The molecule has 190 valence electrons. The van der Waals surface area contributed by atoms with E-state index in [9.17, 15) is 9.18 Å². The Morgan fingerprint density at radius 3 is 2.67 bits per heavy atom. The maximum Gasteiger partial charge on any atom is 0.410 e. The van der Waals surface area contributed by atoms with Gasteiger partial charge in [-0.3, -0.25) is 0 Å². The van der Waals surface area contributed by atoms with E-state index in [1.165, 1.54) is 12.4 Å². The summed E-state index contributed by atoms with van der Waals surface area (Å²) >= 11 is 6.22. The Morgan fingerprint density at radius 2 is 2.06 bits per heavy atom. The van der Waals surface area contributed by atoms with Crippen molar-refractivity contribution in [2.45, 2.75) is 44.8 Å². The van der Waals surface area contributed by atoms with Crippen LogP contribution in [-0.2, 0) is 15.9 Å². The summed E-state index contributed by atoms with van der Waals surface area (Å²) < 4.78 is 32.5. The van der Waals surface area contributed by atoms with Gasteiger partial charge in [0.1, 0.15) is 29.7 Å². The fourth-order valence-corrected chi connectivity index (χ4v) is 4.98. The average molecular weight is 516 g/mol. The number of nitrogens with one attached hydrogen (secondary N) is 1. The van der Waals surface area contributed by atoms with E-state index in [4.69, 9.17) is 31.1 Å². The van der Waals surface area contributed by atoms with E-state index in [2.05, 4.69) is 15.3 Å². The van der Waals surface area contributed by atoms with E-state index < -0.39 is 5.82 Å². The van der Waals surface area contributed by atoms with Crippen LogP contribution in [0.25, 0.3) is 0 Å². The van der Waals surface area contributed by atoms with Crippen molar-refractivity contribution in [2.24, 2.45) is 11.8 Å². The van der Waals surface area contributed by atoms with Crippen LogP contribution in [0.4, 0.5) is 20.7 Å². The first-order valence-electron chi connectivity index (χ1n) is 12.0. The summed E-state index contributed by atoms with van der Waals surface area (Å²) in [5.74, 6) is 0.0157. The summed E-state index contributed by atoms with van der Waals surface area (Å²) in [7, 11) is 0. The number of nitrogens with zero attached hydrogens (tertiary/aromatic N) is 4. The molecule has 1 aliphatic carbocycles. The van der Waals surface area contributed by atoms with Crippen molar-refractivity contribution in [2.75, 3.05) is 31.6 Å². The smallest absolute Gasteiger partial charge is 0.410 e. The SMILES string of the molecule is CCc1c(Nc2c(F)cc(C#N)cc2Cl)ncnc1OC1C2COCC1CN(C(=O)OC1(C)CC1)C2. The first-order chi connectivity index (χ1) is 17.3. The Labute approximate surface area is 213 Å². The predicted molar refractivity (Wildman–Crippen MR) is 129 cm³/mol. The second-order valence-electron chi connectivity index (χ2n) is 9.77. The van der Waals surface area contributed by atoms with Crippen molar-refractivity contribution in [1.29, 1.82) is 5.26 Å². The Morgan fingerprint density at radius 1 is 1.33 bits per heavy atom. The first kappa shape index (κ1) is 24.5. The minimum absolute atomic E-state index is 0.0245. The molecule has 2 aliphatic heterocycles. The Bertz CT molecular complexity index is 1180. The minimum Gasteiger partial charge on any atom is -0.473 e. The zero-order valence-corrected chi connectivity index (χ0v) is 20.8. The number of hydrogen-bond acceptors (Lipinski definition) is 8. The Balaban J connectivity index is 1.34. The van der Waals surface area contributed by atoms with Gasteiger partial charge in [0.25, 0.3) is 0 Å². The molecule has 2 bridgehead atoms. The summed E-state index contributed by atoms with van der Waals surface area (Å²) in [6, 6.07) is 4.38. The number of hydrogen-bond donors (Lipinski definition) is 1. The molecule has 11 heteroatoms. The standard InChI is InChI=1S/C25H27ClFN5O4/c1-3-17-22(31-20-18(26)6-14(8-28)7-19(20)27)29-13-30-23(17)35-21-15-9-32(10-16(21)12-34-11-15)24(33)36-25(2)4-5-25/h6-7,13,15-16,21H,3-5,9-12H2,1-2H3,(H,29,30,31). The monoisotopic (exact) mass is 515 g/mol. The topological polar surface area (TPSA) is 110 Å². The maximum absolute atomic E-state index is 14.6. The lowest BCUT2D eigenvalue weighted by molar-refractivity contribution is -0.111. The third kappa shape index (κ3) is 4.90. The predicted octanol–water partition coefficient (Wildman–Crippen LogP) is 4.46. The van der Waals surface area contributed by atoms with Crippen LogP contribution in [0.2, 0.25) is 5.02 Å². The van der Waals surface area contributed by atoms with Crippen LogP contribution in [0.1, 0.15) is 37.8 Å². The van der Waals surface area contributed by atoms with Gasteiger partial charge in [0.15, 0.2) is 0 Å². The molecule has 0 radical (unpaired) electrons. The third-order valence-corrected chi connectivity index (χ3v) is 7.27. The number of rotatable bonds is 6. The van der Waals surface area contributed by atoms with Crippen molar-refractivity contribution in [3.05, 3.63) is 40.4 Å².